The molecule has 2 nitrogen and oxygen atoms in total. The van der Waals surface area contributed by atoms with Crippen LogP contribution in [0.5, 0.6) is 0 Å². The average Bonchev–Trinajstić information content (AvgIpc) is 2.96. The monoisotopic (exact) mass is 753 g/mol. The predicted octanol–water partition coefficient (Wildman–Crippen LogP) is 6.64. The standard InChI is InChI=1S/C18H22NP.C15H15NS2.Au/c19-17-13-7-8-14-18(17)20(15-9-3-1-4-10-15)16-11-5-2-6-12-16;17-15(18)16(11-13-7-3-1-4-8-13)12-14-9-5-2-6-10-14;/h1-6,9-12,17-18H,7-8,13-14,19H2;1-10H,11-12H2,(H,17,18);/q;;+1. The molecular weight excluding hydrogens is 716 g/mol. The molecule has 1 saturated carbocycles. The Kier molecular flexibility index (Phi) is 13.8. The van der Waals surface area contributed by atoms with E-state index in [9.17, 15) is 0 Å². The number of thiocarbonyl (C=S) groups is 1. The van der Waals surface area contributed by atoms with Crippen LogP contribution in [0.4, 0.5) is 0 Å². The molecule has 2 N–H and O–H groups in total. The third-order valence-corrected chi connectivity index (χ3v) is 10.9. The summed E-state index contributed by atoms with van der Waals surface area (Å²) in [4.78, 5) is 2.04. The molecule has 4 aromatic carbocycles. The van der Waals surface area contributed by atoms with Gasteiger partial charge < -0.3 is 35.5 Å². The molecule has 0 radical (unpaired) electrons. The molecule has 6 heteroatoms. The van der Waals surface area contributed by atoms with Crippen molar-refractivity contribution in [1.82, 2.24) is 4.90 Å². The quantitative estimate of drug-likeness (QED) is 0.0993. The van der Waals surface area contributed by atoms with Crippen LogP contribution in [0, 0.1) is 0 Å². The first kappa shape index (κ1) is 31.6. The summed E-state index contributed by atoms with van der Waals surface area (Å²) in [6.45, 7) is 1.52. The van der Waals surface area contributed by atoms with E-state index in [1.807, 2.05) is 41.3 Å². The third-order valence-electron chi connectivity index (χ3n) is 7.05. The second kappa shape index (κ2) is 17.0. The van der Waals surface area contributed by atoms with Crippen molar-refractivity contribution in [3.8, 4) is 0 Å². The van der Waals surface area contributed by atoms with Crippen molar-refractivity contribution in [2.75, 3.05) is 0 Å². The molecule has 0 aromatic heterocycles. The summed E-state index contributed by atoms with van der Waals surface area (Å²) in [6.07, 6.45) is 5.13. The van der Waals surface area contributed by atoms with Crippen LogP contribution in [-0.4, -0.2) is 20.9 Å². The van der Waals surface area contributed by atoms with Gasteiger partial charge in [-0.3, -0.25) is 0 Å². The van der Waals surface area contributed by atoms with Crippen molar-refractivity contribution in [3.05, 3.63) is 132 Å². The van der Waals surface area contributed by atoms with Crippen LogP contribution >= 0.6 is 20.1 Å². The number of hydrogen-bond donors (Lipinski definition) is 1. The summed E-state index contributed by atoms with van der Waals surface area (Å²) in [5, 5.41) is 3.01. The van der Waals surface area contributed by atoms with E-state index < -0.39 is 7.92 Å². The van der Waals surface area contributed by atoms with Crippen molar-refractivity contribution in [2.24, 2.45) is 5.73 Å². The van der Waals surface area contributed by atoms with Gasteiger partial charge in [0.1, 0.15) is 0 Å². The van der Waals surface area contributed by atoms with Gasteiger partial charge >= 0.3 is 22.4 Å². The van der Waals surface area contributed by atoms with E-state index in [0.717, 1.165) is 13.1 Å². The first-order valence-corrected chi connectivity index (χ1v) is 15.8. The first-order chi connectivity index (χ1) is 18.6. The Morgan fingerprint density at radius 2 is 1.08 bits per heavy atom. The summed E-state index contributed by atoms with van der Waals surface area (Å²) in [6, 6.07) is 42.9. The Bertz CT molecular complexity index is 1150. The molecule has 0 aliphatic heterocycles. The van der Waals surface area contributed by atoms with Crippen LogP contribution in [0.15, 0.2) is 121 Å². The zero-order valence-corrected chi connectivity index (χ0v) is 26.9. The summed E-state index contributed by atoms with van der Waals surface area (Å²) in [5.74, 6) is 0. The van der Waals surface area contributed by atoms with E-state index in [0.29, 0.717) is 16.0 Å². The Morgan fingerprint density at radius 3 is 1.46 bits per heavy atom. The number of rotatable bonds is 7. The third kappa shape index (κ3) is 9.92. The minimum Gasteiger partial charge on any atom is -0.411 e. The number of benzene rings is 4. The second-order valence-electron chi connectivity index (χ2n) is 9.79. The molecule has 206 valence electrons. The van der Waals surface area contributed by atoms with Crippen LogP contribution in [0.3, 0.4) is 0 Å². The smallest absolute Gasteiger partial charge is 0.411 e. The van der Waals surface area contributed by atoms with E-state index in [1.54, 1.807) is 0 Å². The Balaban J connectivity index is 0.000000211. The molecule has 0 heterocycles. The van der Waals surface area contributed by atoms with Gasteiger partial charge in [-0.05, 0) is 54.7 Å². The van der Waals surface area contributed by atoms with Gasteiger partial charge in [-0.2, -0.15) is 0 Å². The molecule has 1 aliphatic rings. The van der Waals surface area contributed by atoms with Gasteiger partial charge in [0.25, 0.3) is 0 Å². The largest absolute Gasteiger partial charge is 1.00 e. The van der Waals surface area contributed by atoms with Crippen LogP contribution in [-0.2, 0) is 48.1 Å². The predicted molar refractivity (Wildman–Crippen MR) is 173 cm³/mol. The maximum Gasteiger partial charge on any atom is 1.00 e. The van der Waals surface area contributed by atoms with Crippen molar-refractivity contribution in [1.29, 1.82) is 0 Å². The van der Waals surface area contributed by atoms with E-state index in [1.165, 1.54) is 47.4 Å². The van der Waals surface area contributed by atoms with Crippen LogP contribution < -0.4 is 16.3 Å². The molecule has 0 amide bonds. The maximum absolute atomic E-state index is 6.48. The number of nitrogens with zero attached hydrogens (tertiary/aromatic N) is 1. The summed E-state index contributed by atoms with van der Waals surface area (Å²) in [7, 11) is -0.774. The summed E-state index contributed by atoms with van der Waals surface area (Å²) < 4.78 is 0.516. The zero-order valence-electron chi connectivity index (χ0n) is 22.1. The first-order valence-electron chi connectivity index (χ1n) is 13.4. The van der Waals surface area contributed by atoms with Gasteiger partial charge in [0.2, 0.25) is 0 Å². The van der Waals surface area contributed by atoms with Crippen LogP contribution in [0.25, 0.3) is 0 Å². The molecule has 0 saturated heterocycles. The summed E-state index contributed by atoms with van der Waals surface area (Å²) >= 11 is 10.3. The van der Waals surface area contributed by atoms with Crippen molar-refractivity contribution < 1.29 is 22.4 Å². The minimum absolute atomic E-state index is 0. The van der Waals surface area contributed by atoms with Crippen molar-refractivity contribution in [2.45, 2.75) is 50.5 Å². The SMILES string of the molecule is NC1CCCCC1[PH+](c1ccccc1)c1ccccc1.S=C([S-])N(Cc1ccccc1)Cc1ccccc1.[Au+]. The second-order valence-corrected chi connectivity index (χ2v) is 13.5. The van der Waals surface area contributed by atoms with E-state index in [-0.39, 0.29) is 22.4 Å². The van der Waals surface area contributed by atoms with Gasteiger partial charge in [-0.15, -0.1) is 0 Å². The Labute approximate surface area is 262 Å². The van der Waals surface area contributed by atoms with E-state index in [2.05, 4.69) is 84.9 Å². The number of hydrogen-bond acceptors (Lipinski definition) is 3. The molecule has 2 atom stereocenters. The van der Waals surface area contributed by atoms with Gasteiger partial charge in [-0.1, -0.05) is 108 Å². The molecule has 39 heavy (non-hydrogen) atoms. The van der Waals surface area contributed by atoms with Crippen molar-refractivity contribution >= 4 is 47.7 Å². The summed E-state index contributed by atoms with van der Waals surface area (Å²) in [5.41, 5.74) is 9.59. The van der Waals surface area contributed by atoms with E-state index in [4.69, 9.17) is 30.6 Å². The molecule has 4 aromatic rings. The fourth-order valence-electron chi connectivity index (χ4n) is 5.14. The fourth-order valence-corrected chi connectivity index (χ4v) is 8.78. The molecule has 1 fully saturated rings. The minimum atomic E-state index is -0.774. The fraction of sp³-hybridized carbons (Fsp3) is 0.242. The topological polar surface area (TPSA) is 29.3 Å². The van der Waals surface area contributed by atoms with Gasteiger partial charge in [0, 0.05) is 19.1 Å². The van der Waals surface area contributed by atoms with Crippen LogP contribution in [0.1, 0.15) is 36.8 Å². The molecule has 5 rings (SSSR count). The Hall–Kier alpha value is -1.88. The number of nitrogens with two attached hydrogens (primary N) is 1. The van der Waals surface area contributed by atoms with Crippen LogP contribution in [0.2, 0.25) is 0 Å². The molecule has 0 bridgehead atoms. The molecule has 2 unspecified atom stereocenters. The molecular formula is C33H37AuN2PS2+. The average molecular weight is 754 g/mol. The maximum atomic E-state index is 6.48. The van der Waals surface area contributed by atoms with E-state index >= 15 is 0 Å². The Morgan fingerprint density at radius 1 is 0.692 bits per heavy atom. The molecule has 0 spiro atoms. The normalized spacial score (nSPS) is 16.4. The zero-order chi connectivity index (χ0) is 26.6. The molecule has 1 aliphatic carbocycles. The van der Waals surface area contributed by atoms with Gasteiger partial charge in [0.05, 0.1) is 24.2 Å². The van der Waals surface area contributed by atoms with Gasteiger partial charge in [-0.25, -0.2) is 0 Å². The van der Waals surface area contributed by atoms with Crippen molar-refractivity contribution in [3.63, 3.8) is 0 Å². The van der Waals surface area contributed by atoms with Gasteiger partial charge in [0.15, 0.2) is 0 Å².